The number of fused-ring (bicyclic) bond motifs is 1. The molecule has 3 aromatic rings. The Hall–Kier alpha value is -3.27. The van der Waals surface area contributed by atoms with Crippen molar-refractivity contribution < 1.29 is 0 Å². The molecule has 1 saturated carbocycles. The zero-order valence-electron chi connectivity index (χ0n) is 23.5. The predicted molar refractivity (Wildman–Crippen MR) is 160 cm³/mol. The maximum absolute atomic E-state index is 4.90. The van der Waals surface area contributed by atoms with Crippen molar-refractivity contribution in [1.82, 2.24) is 15.1 Å². The minimum atomic E-state index is 0.437. The summed E-state index contributed by atoms with van der Waals surface area (Å²) in [7, 11) is 0. The van der Waals surface area contributed by atoms with Gasteiger partial charge < -0.3 is 4.90 Å². The Bertz CT molecular complexity index is 1320. The molecule has 0 radical (unpaired) electrons. The first kappa shape index (κ1) is 26.3. The van der Waals surface area contributed by atoms with Crippen LogP contribution in [0.1, 0.15) is 64.9 Å². The molecule has 1 spiro atoms. The van der Waals surface area contributed by atoms with E-state index in [1.54, 1.807) is 0 Å². The number of aliphatic imine (C=N–C) groups is 1. The number of likely N-dealkylation sites (tertiary alicyclic amines) is 1. The van der Waals surface area contributed by atoms with Gasteiger partial charge in [0.2, 0.25) is 0 Å². The van der Waals surface area contributed by atoms with E-state index in [0.29, 0.717) is 23.2 Å². The van der Waals surface area contributed by atoms with E-state index in [0.717, 1.165) is 36.4 Å². The number of piperidine rings is 1. The van der Waals surface area contributed by atoms with Gasteiger partial charge in [-0.3, -0.25) is 4.99 Å². The molecule has 1 aliphatic carbocycles. The average Bonchev–Trinajstić information content (AvgIpc) is 3.42. The fraction of sp³-hybridized carbons (Fsp3) is 0.441. The lowest BCUT2D eigenvalue weighted by molar-refractivity contribution is 0.0357. The Morgan fingerprint density at radius 3 is 2.39 bits per heavy atom. The SMILES string of the molecule is C=CC(C1=CC(N2CCC3(CC2)CC(c2ccc4nnc(-c5ccccc5)cc4c2)C3)=NC1)C(C)C.CC. The highest BCUT2D eigenvalue weighted by atomic mass is 15.2. The molecule has 1 saturated heterocycles. The van der Waals surface area contributed by atoms with Gasteiger partial charge in [-0.15, -0.1) is 16.8 Å². The Labute approximate surface area is 228 Å². The lowest BCUT2D eigenvalue weighted by atomic mass is 9.56. The number of hydrogen-bond acceptors (Lipinski definition) is 4. The lowest BCUT2D eigenvalue weighted by Crippen LogP contribution is -2.47. The van der Waals surface area contributed by atoms with E-state index >= 15 is 0 Å². The van der Waals surface area contributed by atoms with Gasteiger partial charge in [-0.25, -0.2) is 0 Å². The molecule has 2 aromatic carbocycles. The second-order valence-corrected chi connectivity index (χ2v) is 11.4. The molecule has 3 heterocycles. The highest BCUT2D eigenvalue weighted by Crippen LogP contribution is 2.57. The minimum absolute atomic E-state index is 0.437. The van der Waals surface area contributed by atoms with Crippen LogP contribution in [0.2, 0.25) is 0 Å². The van der Waals surface area contributed by atoms with E-state index in [4.69, 9.17) is 4.99 Å². The van der Waals surface area contributed by atoms with Crippen molar-refractivity contribution in [3.63, 3.8) is 0 Å². The summed E-state index contributed by atoms with van der Waals surface area (Å²) in [6.07, 6.45) is 9.59. The van der Waals surface area contributed by atoms with Crippen molar-refractivity contribution in [2.24, 2.45) is 22.2 Å². The van der Waals surface area contributed by atoms with Crippen molar-refractivity contribution in [3.8, 4) is 11.3 Å². The molecule has 3 aliphatic rings. The van der Waals surface area contributed by atoms with Crippen molar-refractivity contribution in [3.05, 3.63) is 84.5 Å². The highest BCUT2D eigenvalue weighted by Gasteiger charge is 2.46. The van der Waals surface area contributed by atoms with E-state index in [-0.39, 0.29) is 0 Å². The number of rotatable bonds is 5. The van der Waals surface area contributed by atoms with Crippen LogP contribution in [0.3, 0.4) is 0 Å². The standard InChI is InChI=1S/C32H36N4.C2H6/c1-4-28(22(2)3)26-18-31(33-21-26)36-14-12-32(13-15-36)19-27(20-32)24-10-11-29-25(16-24)17-30(35-34-29)23-8-6-5-7-9-23;1-2/h4-11,16-18,22,27-28H,1,12-15,19-21H2,2-3H3;1-2H3. The Kier molecular flexibility index (Phi) is 7.78. The molecular weight excluding hydrogens is 464 g/mol. The van der Waals surface area contributed by atoms with Crippen LogP contribution in [0.5, 0.6) is 0 Å². The van der Waals surface area contributed by atoms with Crippen LogP contribution >= 0.6 is 0 Å². The Balaban J connectivity index is 0.00000144. The monoisotopic (exact) mass is 506 g/mol. The van der Waals surface area contributed by atoms with Gasteiger partial charge in [0.25, 0.3) is 0 Å². The average molecular weight is 507 g/mol. The fourth-order valence-corrected chi connectivity index (χ4v) is 6.58. The van der Waals surface area contributed by atoms with E-state index in [2.05, 4.69) is 96.2 Å². The first-order valence-electron chi connectivity index (χ1n) is 14.5. The maximum Gasteiger partial charge on any atom is 0.123 e. The fourth-order valence-electron chi connectivity index (χ4n) is 6.58. The minimum Gasteiger partial charge on any atom is -0.357 e. The van der Waals surface area contributed by atoms with E-state index in [9.17, 15) is 0 Å². The summed E-state index contributed by atoms with van der Waals surface area (Å²) in [6, 6.07) is 19.3. The number of aromatic nitrogens is 2. The third-order valence-electron chi connectivity index (χ3n) is 8.80. The Morgan fingerprint density at radius 1 is 0.974 bits per heavy atom. The molecule has 4 nitrogen and oxygen atoms in total. The van der Waals surface area contributed by atoms with Crippen molar-refractivity contribution in [2.45, 2.75) is 59.3 Å². The van der Waals surface area contributed by atoms with E-state index in [1.165, 1.54) is 48.0 Å². The second kappa shape index (κ2) is 11.2. The molecule has 0 amide bonds. The molecular formula is C34H42N4. The first-order valence-corrected chi connectivity index (χ1v) is 14.5. The van der Waals surface area contributed by atoms with Crippen LogP contribution in [-0.2, 0) is 0 Å². The van der Waals surface area contributed by atoms with Gasteiger partial charge in [0.15, 0.2) is 0 Å². The van der Waals surface area contributed by atoms with Gasteiger partial charge in [0.1, 0.15) is 5.84 Å². The largest absolute Gasteiger partial charge is 0.357 e. The summed E-state index contributed by atoms with van der Waals surface area (Å²) in [5.74, 6) is 2.87. The smallest absolute Gasteiger partial charge is 0.123 e. The molecule has 198 valence electrons. The van der Waals surface area contributed by atoms with Gasteiger partial charge in [0.05, 0.1) is 17.8 Å². The maximum atomic E-state index is 4.90. The van der Waals surface area contributed by atoms with E-state index in [1.807, 2.05) is 19.9 Å². The number of benzene rings is 2. The summed E-state index contributed by atoms with van der Waals surface area (Å²) in [5, 5.41) is 10.1. The molecule has 4 heteroatoms. The topological polar surface area (TPSA) is 41.4 Å². The number of allylic oxidation sites excluding steroid dienone is 1. The Morgan fingerprint density at radius 2 is 1.71 bits per heavy atom. The number of nitrogens with zero attached hydrogens (tertiary/aromatic N) is 4. The third-order valence-corrected chi connectivity index (χ3v) is 8.80. The molecule has 0 bridgehead atoms. The van der Waals surface area contributed by atoms with Crippen LogP contribution in [0.15, 0.2) is 83.9 Å². The van der Waals surface area contributed by atoms with Crippen molar-refractivity contribution in [1.29, 1.82) is 0 Å². The van der Waals surface area contributed by atoms with Gasteiger partial charge >= 0.3 is 0 Å². The van der Waals surface area contributed by atoms with Gasteiger partial charge in [-0.1, -0.05) is 70.2 Å². The van der Waals surface area contributed by atoms with Crippen LogP contribution in [0, 0.1) is 17.3 Å². The molecule has 6 rings (SSSR count). The summed E-state index contributed by atoms with van der Waals surface area (Å²) in [6.45, 7) is 15.7. The predicted octanol–water partition coefficient (Wildman–Crippen LogP) is 8.08. The van der Waals surface area contributed by atoms with Crippen LogP contribution in [-0.4, -0.2) is 40.6 Å². The zero-order valence-corrected chi connectivity index (χ0v) is 23.5. The van der Waals surface area contributed by atoms with Crippen molar-refractivity contribution in [2.75, 3.05) is 19.6 Å². The molecule has 0 N–H and O–H groups in total. The van der Waals surface area contributed by atoms with Crippen molar-refractivity contribution >= 4 is 16.7 Å². The highest BCUT2D eigenvalue weighted by molar-refractivity contribution is 5.95. The zero-order chi connectivity index (χ0) is 26.7. The van der Waals surface area contributed by atoms with Gasteiger partial charge in [-0.2, -0.15) is 0 Å². The summed E-state index contributed by atoms with van der Waals surface area (Å²) < 4.78 is 0. The summed E-state index contributed by atoms with van der Waals surface area (Å²) in [4.78, 5) is 7.41. The molecule has 2 aliphatic heterocycles. The third kappa shape index (κ3) is 5.18. The van der Waals surface area contributed by atoms with Gasteiger partial charge in [-0.05, 0) is 78.3 Å². The first-order chi connectivity index (χ1) is 18.5. The van der Waals surface area contributed by atoms with E-state index < -0.39 is 0 Å². The number of amidine groups is 1. The van der Waals surface area contributed by atoms with Gasteiger partial charge in [0, 0.05) is 30.0 Å². The quantitative estimate of drug-likeness (QED) is 0.328. The van der Waals surface area contributed by atoms with Crippen LogP contribution < -0.4 is 0 Å². The van der Waals surface area contributed by atoms with Crippen LogP contribution in [0.4, 0.5) is 0 Å². The molecule has 38 heavy (non-hydrogen) atoms. The molecule has 2 fully saturated rings. The van der Waals surface area contributed by atoms with Crippen LogP contribution in [0.25, 0.3) is 22.2 Å². The molecule has 1 atom stereocenters. The summed E-state index contributed by atoms with van der Waals surface area (Å²) in [5.41, 5.74) is 6.42. The molecule has 1 aromatic heterocycles. The molecule has 1 unspecified atom stereocenters. The normalized spacial score (nSPS) is 19.4. The lowest BCUT2D eigenvalue weighted by Gasteiger charge is -2.53. The second-order valence-electron chi connectivity index (χ2n) is 11.4. The number of hydrogen-bond donors (Lipinski definition) is 0. The summed E-state index contributed by atoms with van der Waals surface area (Å²) >= 11 is 0.